The number of benzene rings is 2. The number of rotatable bonds is 7. The number of allylic oxidation sites excluding steroid dienone is 2. The van der Waals surface area contributed by atoms with Gasteiger partial charge in [-0.25, -0.2) is 4.98 Å². The molecule has 12 heteroatoms. The largest absolute Gasteiger partial charge is 0.469 e. The molecule has 286 valence electrons. The number of nitrogens with one attached hydrogen (secondary N) is 3. The Morgan fingerprint density at radius 1 is 1.09 bits per heavy atom. The summed E-state index contributed by atoms with van der Waals surface area (Å²) >= 11 is 0. The molecule has 12 nitrogen and oxygen atoms in total. The van der Waals surface area contributed by atoms with Crippen molar-refractivity contribution in [1.82, 2.24) is 15.6 Å². The van der Waals surface area contributed by atoms with Crippen LogP contribution in [0.1, 0.15) is 90.1 Å². The molecule has 4 N–H and O–H groups in total. The van der Waals surface area contributed by atoms with Crippen LogP contribution in [0.5, 0.6) is 5.75 Å². The molecule has 0 saturated heterocycles. The summed E-state index contributed by atoms with van der Waals surface area (Å²) in [6.45, 7) is 14.9. The van der Waals surface area contributed by atoms with Crippen molar-refractivity contribution in [3.05, 3.63) is 94.6 Å². The Hall–Kier alpha value is -5.10. The first-order valence-electron chi connectivity index (χ1n) is 18.8. The fraction of sp³-hybridized carbons (Fsp3) is 0.476. The summed E-state index contributed by atoms with van der Waals surface area (Å²) in [7, 11) is 0. The minimum absolute atomic E-state index is 0.0538. The fourth-order valence-electron chi connectivity index (χ4n) is 7.67. The van der Waals surface area contributed by atoms with Crippen molar-refractivity contribution in [1.29, 1.82) is 0 Å². The number of anilines is 1. The van der Waals surface area contributed by atoms with E-state index >= 15 is 0 Å². The van der Waals surface area contributed by atoms with Gasteiger partial charge >= 0.3 is 5.97 Å². The van der Waals surface area contributed by atoms with E-state index in [1.54, 1.807) is 34.6 Å². The fourth-order valence-corrected chi connectivity index (χ4v) is 7.67. The van der Waals surface area contributed by atoms with E-state index in [0.29, 0.717) is 35.3 Å². The maximum absolute atomic E-state index is 14.2. The lowest BCUT2D eigenvalue weighted by atomic mass is 9.71. The highest BCUT2D eigenvalue weighted by atomic mass is 16.5. The Bertz CT molecular complexity index is 2040. The zero-order valence-corrected chi connectivity index (χ0v) is 32.1. The van der Waals surface area contributed by atoms with Gasteiger partial charge in [-0.3, -0.25) is 14.4 Å². The summed E-state index contributed by atoms with van der Waals surface area (Å²) in [6, 6.07) is 12.3. The molecule has 54 heavy (non-hydrogen) atoms. The van der Waals surface area contributed by atoms with Gasteiger partial charge in [-0.2, -0.15) is 0 Å². The first-order valence-corrected chi connectivity index (χ1v) is 18.8. The highest BCUT2D eigenvalue weighted by Crippen LogP contribution is 2.60. The van der Waals surface area contributed by atoms with Gasteiger partial charge in [0, 0.05) is 17.7 Å². The van der Waals surface area contributed by atoms with Gasteiger partial charge in [0.05, 0.1) is 17.0 Å². The molecule has 4 aliphatic rings. The number of aromatic nitrogens is 1. The molecule has 1 spiro atoms. The molecule has 1 aromatic heterocycles. The normalized spacial score (nSPS) is 25.1. The Kier molecular flexibility index (Phi) is 9.62. The maximum Gasteiger partial charge on any atom is 0.311 e. The molecular weight excluding hydrogens is 688 g/mol. The van der Waals surface area contributed by atoms with Crippen molar-refractivity contribution in [2.24, 2.45) is 23.2 Å². The number of carbonyl (C=O) groups is 3. The zero-order chi connectivity index (χ0) is 38.7. The third-order valence-electron chi connectivity index (χ3n) is 10.7. The molecule has 2 aromatic carbocycles. The minimum Gasteiger partial charge on any atom is -0.469 e. The third-order valence-corrected chi connectivity index (χ3v) is 10.7. The van der Waals surface area contributed by atoms with Crippen LogP contribution in [0.25, 0.3) is 5.57 Å². The van der Waals surface area contributed by atoms with Gasteiger partial charge in [0.1, 0.15) is 53.4 Å². The van der Waals surface area contributed by atoms with Gasteiger partial charge in [0.2, 0.25) is 17.7 Å². The van der Waals surface area contributed by atoms with Crippen LogP contribution in [0.4, 0.5) is 5.69 Å². The minimum atomic E-state index is -1.28. The number of aliphatic hydroxyl groups is 1. The summed E-state index contributed by atoms with van der Waals surface area (Å²) in [4.78, 5) is 44.9. The van der Waals surface area contributed by atoms with E-state index in [9.17, 15) is 19.5 Å². The molecular formula is C42H50N4O8. The number of esters is 1. The lowest BCUT2D eigenvalue weighted by Crippen LogP contribution is -2.54. The molecule has 3 aromatic rings. The Labute approximate surface area is 315 Å². The molecule has 4 aliphatic heterocycles. The number of nitrogens with zero attached hydrogens (tertiary/aromatic N) is 1. The van der Waals surface area contributed by atoms with Crippen LogP contribution >= 0.6 is 0 Å². The van der Waals surface area contributed by atoms with E-state index in [-0.39, 0.29) is 36.8 Å². The monoisotopic (exact) mass is 738 g/mol. The summed E-state index contributed by atoms with van der Waals surface area (Å²) < 4.78 is 25.9. The van der Waals surface area contributed by atoms with Crippen molar-refractivity contribution in [3.8, 4) is 5.75 Å². The van der Waals surface area contributed by atoms with Crippen molar-refractivity contribution in [2.75, 3.05) is 5.32 Å². The number of hydrogen-bond donors (Lipinski definition) is 4. The van der Waals surface area contributed by atoms with E-state index in [1.165, 1.54) is 6.26 Å². The van der Waals surface area contributed by atoms with Gasteiger partial charge in [-0.1, -0.05) is 65.0 Å². The quantitative estimate of drug-likeness (QED) is 0.220. The van der Waals surface area contributed by atoms with Crippen molar-refractivity contribution < 1.29 is 38.1 Å². The first-order chi connectivity index (χ1) is 25.6. The standard InChI is InChI=1S/C42H50N4O8/c1-21(2)33-31-15-13-23(5)32(38-43-25(19-51-38)20-52-40(50)41(6,7)8)35(53-31)42-26-11-9-10-12-28(26)45-39(42)54-30-16-14-24(17-27(30)42)18-29(36(48)46-33)44-37(49)34(47)22(3)4/h9-12,14-17,19,21-23,29,33-34,39,45,47H,13,18,20H2,1-8H3,(H,44,49)(H,46,48). The molecule has 2 amide bonds. The summed E-state index contributed by atoms with van der Waals surface area (Å²) in [5, 5.41) is 20.3. The molecule has 6 atom stereocenters. The predicted octanol–water partition coefficient (Wildman–Crippen LogP) is 5.74. The maximum atomic E-state index is 14.2. The molecule has 0 radical (unpaired) electrons. The van der Waals surface area contributed by atoms with E-state index in [4.69, 9.17) is 23.6 Å². The smallest absolute Gasteiger partial charge is 0.311 e. The van der Waals surface area contributed by atoms with Crippen molar-refractivity contribution in [3.63, 3.8) is 0 Å². The number of para-hydroxylation sites is 1. The summed E-state index contributed by atoms with van der Waals surface area (Å²) in [6.07, 6.45) is 2.30. The summed E-state index contributed by atoms with van der Waals surface area (Å²) in [5.41, 5.74) is 2.88. The third kappa shape index (κ3) is 6.44. The van der Waals surface area contributed by atoms with Gasteiger partial charge in [-0.05, 0) is 74.3 Å². The molecule has 6 unspecified atom stereocenters. The molecule has 5 heterocycles. The average Bonchev–Trinajstić information content (AvgIpc) is 3.77. The highest BCUT2D eigenvalue weighted by Gasteiger charge is 2.61. The van der Waals surface area contributed by atoms with Gasteiger partial charge in [0.25, 0.3) is 0 Å². The van der Waals surface area contributed by atoms with Crippen LogP contribution in [-0.4, -0.2) is 52.3 Å². The molecule has 0 fully saturated rings. The zero-order valence-electron chi connectivity index (χ0n) is 32.1. The molecule has 0 saturated carbocycles. The van der Waals surface area contributed by atoms with E-state index in [2.05, 4.69) is 28.9 Å². The van der Waals surface area contributed by atoms with Crippen LogP contribution in [0, 0.1) is 23.2 Å². The Morgan fingerprint density at radius 2 is 1.85 bits per heavy atom. The second kappa shape index (κ2) is 14.0. The molecule has 4 bridgehead atoms. The van der Waals surface area contributed by atoms with Gasteiger partial charge < -0.3 is 39.7 Å². The average molecular weight is 739 g/mol. The van der Waals surface area contributed by atoms with Crippen LogP contribution in [0.2, 0.25) is 0 Å². The topological polar surface area (TPSA) is 161 Å². The number of carbonyl (C=O) groups excluding carboxylic acids is 3. The SMILES string of the molecule is CC1CC=C2OC(=C1c1nc(COC(=O)C(C)(C)C)co1)C13c4ccccc4NC1Oc1ccc(cc13)CC(NC(=O)C(O)C(C)C)C(=O)NC2C(C)C. The second-order valence-electron chi connectivity index (χ2n) is 16.6. The first kappa shape index (κ1) is 37.2. The van der Waals surface area contributed by atoms with Crippen molar-refractivity contribution >= 4 is 29.0 Å². The Balaban J connectivity index is 1.44. The number of hydrogen-bond acceptors (Lipinski definition) is 10. The number of ether oxygens (including phenoxy) is 3. The van der Waals surface area contributed by atoms with E-state index in [0.717, 1.165) is 28.0 Å². The number of oxazole rings is 1. The molecule has 7 rings (SSSR count). The lowest BCUT2D eigenvalue weighted by Gasteiger charge is -2.36. The lowest BCUT2D eigenvalue weighted by molar-refractivity contribution is -0.154. The van der Waals surface area contributed by atoms with Gasteiger partial charge in [-0.15, -0.1) is 0 Å². The summed E-state index contributed by atoms with van der Waals surface area (Å²) in [5.74, 6) is 0.0668. The van der Waals surface area contributed by atoms with Crippen molar-refractivity contribution in [2.45, 2.75) is 105 Å². The van der Waals surface area contributed by atoms with Crippen LogP contribution in [0.3, 0.4) is 0 Å². The number of aliphatic hydroxyl groups excluding tert-OH is 1. The van der Waals surface area contributed by atoms with Crippen LogP contribution in [-0.2, 0) is 42.3 Å². The van der Waals surface area contributed by atoms with Crippen LogP contribution in [0.15, 0.2) is 70.7 Å². The van der Waals surface area contributed by atoms with E-state index in [1.807, 2.05) is 56.3 Å². The second-order valence-corrected chi connectivity index (χ2v) is 16.6. The van der Waals surface area contributed by atoms with E-state index < -0.39 is 47.1 Å². The number of amides is 2. The van der Waals surface area contributed by atoms with Crippen LogP contribution < -0.4 is 20.7 Å². The molecule has 0 aliphatic carbocycles. The number of fused-ring (bicyclic) bond motifs is 4. The predicted molar refractivity (Wildman–Crippen MR) is 201 cm³/mol. The Morgan fingerprint density at radius 3 is 2.57 bits per heavy atom. The van der Waals surface area contributed by atoms with Gasteiger partial charge in [0.15, 0.2) is 6.23 Å². The highest BCUT2D eigenvalue weighted by molar-refractivity contribution is 5.90.